The first-order valence-electron chi connectivity index (χ1n) is 7.87. The van der Waals surface area contributed by atoms with Crippen LogP contribution in [0, 0.1) is 0 Å². The number of amides is 2. The quantitative estimate of drug-likeness (QED) is 0.888. The molecule has 2 heterocycles. The van der Waals surface area contributed by atoms with Gasteiger partial charge in [0.2, 0.25) is 11.8 Å². The van der Waals surface area contributed by atoms with E-state index in [0.717, 1.165) is 13.1 Å². The Kier molecular flexibility index (Phi) is 4.74. The first kappa shape index (κ1) is 16.0. The number of piperazine rings is 1. The van der Waals surface area contributed by atoms with Crippen LogP contribution in [0.25, 0.3) is 0 Å². The van der Waals surface area contributed by atoms with E-state index in [-0.39, 0.29) is 18.4 Å². The van der Waals surface area contributed by atoms with E-state index < -0.39 is 0 Å². The molecule has 2 aromatic rings. The maximum Gasteiger partial charge on any atom is 0.246 e. The van der Waals surface area contributed by atoms with Crippen molar-refractivity contribution in [3.05, 3.63) is 36.5 Å². The lowest BCUT2D eigenvalue weighted by Crippen LogP contribution is -2.49. The van der Waals surface area contributed by atoms with E-state index in [1.807, 2.05) is 23.1 Å². The number of rotatable bonds is 4. The Morgan fingerprint density at radius 2 is 1.83 bits per heavy atom. The highest BCUT2D eigenvalue weighted by atomic mass is 16.2. The summed E-state index contributed by atoms with van der Waals surface area (Å²) in [4.78, 5) is 28.7. The summed E-state index contributed by atoms with van der Waals surface area (Å²) in [5, 5.41) is 10.6. The van der Waals surface area contributed by atoms with Gasteiger partial charge >= 0.3 is 0 Å². The van der Waals surface area contributed by atoms with E-state index in [1.54, 1.807) is 0 Å². The number of carbonyl (C=O) groups excluding carboxylic acids is 2. The van der Waals surface area contributed by atoms with Crippen LogP contribution in [0.15, 0.2) is 36.5 Å². The molecule has 2 amide bonds. The van der Waals surface area contributed by atoms with Crippen LogP contribution in [-0.4, -0.2) is 57.9 Å². The summed E-state index contributed by atoms with van der Waals surface area (Å²) in [6.07, 6.45) is 1.43. The lowest BCUT2D eigenvalue weighted by atomic mass is 10.2. The molecule has 0 aliphatic carbocycles. The van der Waals surface area contributed by atoms with Crippen molar-refractivity contribution in [3.8, 4) is 0 Å². The van der Waals surface area contributed by atoms with Crippen molar-refractivity contribution in [2.24, 2.45) is 0 Å². The highest BCUT2D eigenvalue weighted by Crippen LogP contribution is 2.15. The minimum Gasteiger partial charge on any atom is -0.368 e. The fourth-order valence-corrected chi connectivity index (χ4v) is 2.68. The van der Waals surface area contributed by atoms with E-state index in [1.165, 1.54) is 23.6 Å². The van der Waals surface area contributed by atoms with Crippen molar-refractivity contribution in [2.75, 3.05) is 36.4 Å². The van der Waals surface area contributed by atoms with Crippen molar-refractivity contribution in [2.45, 2.75) is 13.5 Å². The van der Waals surface area contributed by atoms with Gasteiger partial charge in [-0.3, -0.25) is 9.59 Å². The number of anilines is 2. The van der Waals surface area contributed by atoms with Gasteiger partial charge in [0.05, 0.1) is 6.20 Å². The SMILES string of the molecule is CC(=O)Nc1cnn(CC(=O)N2CCN(c3ccccc3)CC2)n1. The molecule has 1 saturated heterocycles. The number of nitrogens with zero attached hydrogens (tertiary/aromatic N) is 5. The summed E-state index contributed by atoms with van der Waals surface area (Å²) < 4.78 is 0. The Balaban J connectivity index is 1.52. The molecular weight excluding hydrogens is 308 g/mol. The third kappa shape index (κ3) is 3.89. The lowest BCUT2D eigenvalue weighted by Gasteiger charge is -2.36. The summed E-state index contributed by atoms with van der Waals surface area (Å²) >= 11 is 0. The fourth-order valence-electron chi connectivity index (χ4n) is 2.68. The maximum atomic E-state index is 12.4. The minimum absolute atomic E-state index is 0.0207. The molecule has 0 atom stereocenters. The summed E-state index contributed by atoms with van der Waals surface area (Å²) in [5.74, 6) is 0.113. The molecule has 0 saturated carbocycles. The normalized spacial score (nSPS) is 14.5. The predicted molar refractivity (Wildman–Crippen MR) is 89.6 cm³/mol. The molecular formula is C16H20N6O2. The lowest BCUT2D eigenvalue weighted by molar-refractivity contribution is -0.132. The molecule has 0 bridgehead atoms. The van der Waals surface area contributed by atoms with Crippen LogP contribution in [0.4, 0.5) is 11.5 Å². The zero-order valence-corrected chi connectivity index (χ0v) is 13.6. The molecule has 1 aromatic carbocycles. The first-order valence-corrected chi connectivity index (χ1v) is 7.87. The van der Waals surface area contributed by atoms with E-state index in [0.29, 0.717) is 18.9 Å². The largest absolute Gasteiger partial charge is 0.368 e. The van der Waals surface area contributed by atoms with Gasteiger partial charge in [-0.1, -0.05) is 18.2 Å². The van der Waals surface area contributed by atoms with Gasteiger partial charge in [-0.05, 0) is 12.1 Å². The molecule has 8 nitrogen and oxygen atoms in total. The molecule has 1 aliphatic rings. The van der Waals surface area contributed by atoms with Crippen molar-refractivity contribution in [1.82, 2.24) is 19.9 Å². The Morgan fingerprint density at radius 1 is 1.12 bits per heavy atom. The third-order valence-corrected chi connectivity index (χ3v) is 3.87. The second-order valence-electron chi connectivity index (χ2n) is 5.64. The molecule has 0 spiro atoms. The summed E-state index contributed by atoms with van der Waals surface area (Å²) in [6.45, 7) is 4.43. The number of hydrogen-bond acceptors (Lipinski definition) is 5. The highest BCUT2D eigenvalue weighted by molar-refractivity contribution is 5.87. The van der Waals surface area contributed by atoms with E-state index in [9.17, 15) is 9.59 Å². The second kappa shape index (κ2) is 7.12. The van der Waals surface area contributed by atoms with Crippen LogP contribution in [0.2, 0.25) is 0 Å². The molecule has 0 unspecified atom stereocenters. The summed E-state index contributed by atoms with van der Waals surface area (Å²) in [6, 6.07) is 10.2. The summed E-state index contributed by atoms with van der Waals surface area (Å²) in [5.41, 5.74) is 1.18. The Hall–Kier alpha value is -2.90. The summed E-state index contributed by atoms with van der Waals surface area (Å²) in [7, 11) is 0. The molecule has 1 aliphatic heterocycles. The average molecular weight is 328 g/mol. The Labute approximate surface area is 140 Å². The van der Waals surface area contributed by atoms with Crippen molar-refractivity contribution >= 4 is 23.3 Å². The Bertz CT molecular complexity index is 706. The van der Waals surface area contributed by atoms with Crippen LogP contribution in [0.5, 0.6) is 0 Å². The first-order chi connectivity index (χ1) is 11.6. The van der Waals surface area contributed by atoms with E-state index in [2.05, 4.69) is 32.5 Å². The predicted octanol–water partition coefficient (Wildman–Crippen LogP) is 0.585. The van der Waals surface area contributed by atoms with Gasteiger partial charge in [0.1, 0.15) is 6.54 Å². The molecule has 126 valence electrons. The fraction of sp³-hybridized carbons (Fsp3) is 0.375. The van der Waals surface area contributed by atoms with Gasteiger partial charge in [0, 0.05) is 38.8 Å². The van der Waals surface area contributed by atoms with Gasteiger partial charge in [-0.25, -0.2) is 0 Å². The molecule has 3 rings (SSSR count). The monoisotopic (exact) mass is 328 g/mol. The van der Waals surface area contributed by atoms with Crippen LogP contribution < -0.4 is 10.2 Å². The van der Waals surface area contributed by atoms with Gasteiger partial charge in [0.15, 0.2) is 5.82 Å². The van der Waals surface area contributed by atoms with Crippen LogP contribution in [-0.2, 0) is 16.1 Å². The number of nitrogens with one attached hydrogen (secondary N) is 1. The Morgan fingerprint density at radius 3 is 2.50 bits per heavy atom. The zero-order chi connectivity index (χ0) is 16.9. The van der Waals surface area contributed by atoms with Gasteiger partial charge in [-0.15, -0.1) is 5.10 Å². The molecule has 8 heteroatoms. The standard InChI is InChI=1S/C16H20N6O2/c1-13(23)18-15-11-17-22(19-15)12-16(24)21-9-7-20(8-10-21)14-5-3-2-4-6-14/h2-6,11H,7-10,12H2,1H3,(H,18,19,23). The smallest absolute Gasteiger partial charge is 0.246 e. The van der Waals surface area contributed by atoms with Gasteiger partial charge in [0.25, 0.3) is 0 Å². The van der Waals surface area contributed by atoms with Crippen LogP contribution in [0.1, 0.15) is 6.92 Å². The minimum atomic E-state index is -0.217. The molecule has 1 aromatic heterocycles. The average Bonchev–Trinajstić information content (AvgIpc) is 3.02. The van der Waals surface area contributed by atoms with Gasteiger partial charge in [-0.2, -0.15) is 9.90 Å². The maximum absolute atomic E-state index is 12.4. The number of carbonyl (C=O) groups is 2. The van der Waals surface area contributed by atoms with Crippen LogP contribution in [0.3, 0.4) is 0 Å². The molecule has 24 heavy (non-hydrogen) atoms. The molecule has 0 radical (unpaired) electrons. The van der Waals surface area contributed by atoms with E-state index >= 15 is 0 Å². The number of hydrogen-bond donors (Lipinski definition) is 1. The highest BCUT2D eigenvalue weighted by Gasteiger charge is 2.22. The zero-order valence-electron chi connectivity index (χ0n) is 13.6. The van der Waals surface area contributed by atoms with Crippen LogP contribution >= 0.6 is 0 Å². The van der Waals surface area contributed by atoms with Gasteiger partial charge < -0.3 is 15.1 Å². The van der Waals surface area contributed by atoms with Crippen molar-refractivity contribution in [1.29, 1.82) is 0 Å². The number of benzene rings is 1. The number of para-hydroxylation sites is 1. The second-order valence-corrected chi connectivity index (χ2v) is 5.64. The topological polar surface area (TPSA) is 83.4 Å². The third-order valence-electron chi connectivity index (χ3n) is 3.87. The number of aromatic nitrogens is 3. The molecule has 1 fully saturated rings. The van der Waals surface area contributed by atoms with E-state index in [4.69, 9.17) is 0 Å². The van der Waals surface area contributed by atoms with Crippen molar-refractivity contribution in [3.63, 3.8) is 0 Å². The molecule has 1 N–H and O–H groups in total. The van der Waals surface area contributed by atoms with Crippen molar-refractivity contribution < 1.29 is 9.59 Å².